The van der Waals surface area contributed by atoms with Crippen molar-refractivity contribution in [1.29, 1.82) is 0 Å². The minimum atomic E-state index is -0.171. The molecule has 7 heteroatoms. The Morgan fingerprint density at radius 3 is 2.55 bits per heavy atom. The van der Waals surface area contributed by atoms with Gasteiger partial charge in [-0.2, -0.15) is 0 Å². The highest BCUT2D eigenvalue weighted by Crippen LogP contribution is 2.36. The first-order chi connectivity index (χ1) is 16.2. The number of fused-ring (bicyclic) bond motifs is 1. The molecule has 1 fully saturated rings. The van der Waals surface area contributed by atoms with E-state index >= 15 is 0 Å². The maximum atomic E-state index is 9.80. The van der Waals surface area contributed by atoms with Gasteiger partial charge in [-0.25, -0.2) is 14.8 Å². The SMILES string of the molecule is [C-]#[N+]c1ccc(-c2nc(OC[C@@H]3CCNC3)c3nc(CO)cn3c2-c2ccc(C)cc2)cc1. The van der Waals surface area contributed by atoms with Gasteiger partial charge in [-0.1, -0.05) is 54.1 Å². The van der Waals surface area contributed by atoms with Crippen LogP contribution in [0, 0.1) is 19.4 Å². The van der Waals surface area contributed by atoms with Crippen LogP contribution in [0.4, 0.5) is 5.69 Å². The third kappa shape index (κ3) is 4.19. The van der Waals surface area contributed by atoms with Crippen molar-refractivity contribution >= 4 is 11.3 Å². The summed E-state index contributed by atoms with van der Waals surface area (Å²) in [7, 11) is 0. The first kappa shape index (κ1) is 21.1. The van der Waals surface area contributed by atoms with Crippen molar-refractivity contribution in [3.8, 4) is 28.4 Å². The van der Waals surface area contributed by atoms with E-state index in [1.807, 2.05) is 22.7 Å². The lowest BCUT2D eigenvalue weighted by Gasteiger charge is -2.17. The molecule has 1 saturated heterocycles. The van der Waals surface area contributed by atoms with Crippen LogP contribution in [-0.4, -0.2) is 39.2 Å². The molecule has 2 aromatic carbocycles. The summed E-state index contributed by atoms with van der Waals surface area (Å²) in [5, 5.41) is 13.2. The second kappa shape index (κ2) is 9.02. The van der Waals surface area contributed by atoms with E-state index in [0.29, 0.717) is 35.4 Å². The number of nitrogens with zero attached hydrogens (tertiary/aromatic N) is 4. The lowest BCUT2D eigenvalue weighted by Crippen LogP contribution is -2.16. The summed E-state index contributed by atoms with van der Waals surface area (Å²) in [6.45, 7) is 11.6. The fourth-order valence-corrected chi connectivity index (χ4v) is 4.18. The highest BCUT2D eigenvalue weighted by Gasteiger charge is 2.22. The highest BCUT2D eigenvalue weighted by molar-refractivity contribution is 5.82. The monoisotopic (exact) mass is 439 g/mol. The molecule has 0 amide bonds. The highest BCUT2D eigenvalue weighted by atomic mass is 16.5. The van der Waals surface area contributed by atoms with Gasteiger partial charge in [-0.15, -0.1) is 0 Å². The van der Waals surface area contributed by atoms with Crippen LogP contribution in [0.5, 0.6) is 5.88 Å². The third-order valence-corrected chi connectivity index (χ3v) is 6.00. The largest absolute Gasteiger partial charge is 0.475 e. The van der Waals surface area contributed by atoms with Gasteiger partial charge in [0.15, 0.2) is 5.69 Å². The molecule has 0 unspecified atom stereocenters. The number of hydrogen-bond acceptors (Lipinski definition) is 5. The lowest BCUT2D eigenvalue weighted by molar-refractivity contribution is 0.253. The maximum Gasteiger partial charge on any atom is 0.259 e. The summed E-state index contributed by atoms with van der Waals surface area (Å²) < 4.78 is 8.18. The van der Waals surface area contributed by atoms with E-state index in [9.17, 15) is 5.11 Å². The zero-order chi connectivity index (χ0) is 22.8. The fraction of sp³-hybridized carbons (Fsp3) is 0.269. The van der Waals surface area contributed by atoms with Gasteiger partial charge in [0.25, 0.3) is 5.88 Å². The number of benzene rings is 2. The zero-order valence-electron chi connectivity index (χ0n) is 18.5. The van der Waals surface area contributed by atoms with E-state index in [2.05, 4.69) is 46.3 Å². The van der Waals surface area contributed by atoms with E-state index < -0.39 is 0 Å². The van der Waals surface area contributed by atoms with E-state index in [0.717, 1.165) is 47.6 Å². The summed E-state index contributed by atoms with van der Waals surface area (Å²) >= 11 is 0. The predicted molar refractivity (Wildman–Crippen MR) is 127 cm³/mol. The van der Waals surface area contributed by atoms with E-state index in [4.69, 9.17) is 16.3 Å². The van der Waals surface area contributed by atoms with E-state index in [1.54, 1.807) is 12.1 Å². The molecule has 5 rings (SSSR count). The maximum absolute atomic E-state index is 9.80. The van der Waals surface area contributed by atoms with Crippen molar-refractivity contribution in [2.45, 2.75) is 20.0 Å². The molecule has 33 heavy (non-hydrogen) atoms. The average molecular weight is 440 g/mol. The second-order valence-electron chi connectivity index (χ2n) is 8.39. The number of nitrogens with one attached hydrogen (secondary N) is 1. The molecule has 2 aromatic heterocycles. The summed E-state index contributed by atoms with van der Waals surface area (Å²) in [5.41, 5.74) is 6.35. The Hall–Kier alpha value is -3.73. The van der Waals surface area contributed by atoms with Crippen molar-refractivity contribution in [1.82, 2.24) is 19.7 Å². The van der Waals surface area contributed by atoms with E-state index in [-0.39, 0.29) is 6.61 Å². The van der Waals surface area contributed by atoms with Gasteiger partial charge in [0.2, 0.25) is 5.65 Å². The summed E-state index contributed by atoms with van der Waals surface area (Å²) in [5.74, 6) is 0.874. The van der Waals surface area contributed by atoms with Gasteiger partial charge in [0.1, 0.15) is 0 Å². The number of aliphatic hydroxyl groups excluding tert-OH is 1. The van der Waals surface area contributed by atoms with Crippen molar-refractivity contribution < 1.29 is 9.84 Å². The smallest absolute Gasteiger partial charge is 0.259 e. The number of aryl methyl sites for hydroxylation is 1. The standard InChI is InChI=1S/C26H25N5O2/c1-17-3-5-20(6-4-17)24-23(19-7-9-21(27-2)10-8-19)30-26(33-16-18-11-12-28-13-18)25-29-22(15-32)14-31(24)25/h3-10,14,18,28,32H,11-13,15-16H2,1H3/t18-/m1/s1. The van der Waals surface area contributed by atoms with Gasteiger partial charge in [0.05, 0.1) is 36.9 Å². The summed E-state index contributed by atoms with van der Waals surface area (Å²) in [6, 6.07) is 15.7. The number of aliphatic hydroxyl groups is 1. The molecule has 0 bridgehead atoms. The molecule has 3 heterocycles. The topological polar surface area (TPSA) is 76.0 Å². The normalized spacial score (nSPS) is 15.6. The van der Waals surface area contributed by atoms with Crippen LogP contribution >= 0.6 is 0 Å². The molecule has 0 radical (unpaired) electrons. The molecule has 1 atom stereocenters. The molecule has 166 valence electrons. The van der Waals surface area contributed by atoms with Crippen LogP contribution in [0.2, 0.25) is 0 Å². The number of imidazole rings is 1. The average Bonchev–Trinajstić information content (AvgIpc) is 3.53. The Bertz CT molecular complexity index is 1310. The fourth-order valence-electron chi connectivity index (χ4n) is 4.18. The first-order valence-electron chi connectivity index (χ1n) is 11.1. The van der Waals surface area contributed by atoms with Crippen molar-refractivity contribution in [2.75, 3.05) is 19.7 Å². The lowest BCUT2D eigenvalue weighted by atomic mass is 10.0. The molecular formula is C26H25N5O2. The van der Waals surface area contributed by atoms with Crippen LogP contribution in [0.3, 0.4) is 0 Å². The molecule has 7 nitrogen and oxygen atoms in total. The summed E-state index contributed by atoms with van der Waals surface area (Å²) in [4.78, 5) is 13.1. The van der Waals surface area contributed by atoms with Crippen LogP contribution in [0.1, 0.15) is 17.7 Å². The Kier molecular flexibility index (Phi) is 5.78. The van der Waals surface area contributed by atoms with Crippen LogP contribution in [0.25, 0.3) is 33.0 Å². The van der Waals surface area contributed by atoms with Gasteiger partial charge >= 0.3 is 0 Å². The first-order valence-corrected chi connectivity index (χ1v) is 11.1. The quantitative estimate of drug-likeness (QED) is 0.436. The Balaban J connectivity index is 1.71. The number of rotatable bonds is 6. The molecular weight excluding hydrogens is 414 g/mol. The molecule has 4 aromatic rings. The van der Waals surface area contributed by atoms with Crippen LogP contribution < -0.4 is 10.1 Å². The van der Waals surface area contributed by atoms with Gasteiger partial charge < -0.3 is 15.2 Å². The molecule has 0 aliphatic carbocycles. The summed E-state index contributed by atoms with van der Waals surface area (Å²) in [6.07, 6.45) is 2.91. The van der Waals surface area contributed by atoms with Gasteiger partial charge in [-0.05, 0) is 25.5 Å². The van der Waals surface area contributed by atoms with Crippen molar-refractivity contribution in [3.05, 3.63) is 77.4 Å². The second-order valence-corrected chi connectivity index (χ2v) is 8.39. The minimum Gasteiger partial charge on any atom is -0.475 e. The number of aromatic nitrogens is 3. The Morgan fingerprint density at radius 1 is 1.12 bits per heavy atom. The molecule has 0 spiro atoms. The molecule has 1 aliphatic rings. The van der Waals surface area contributed by atoms with Crippen molar-refractivity contribution in [3.63, 3.8) is 0 Å². The predicted octanol–water partition coefficient (Wildman–Crippen LogP) is 4.40. The zero-order valence-corrected chi connectivity index (χ0v) is 18.5. The van der Waals surface area contributed by atoms with Crippen molar-refractivity contribution in [2.24, 2.45) is 5.92 Å². The number of hydrogen-bond donors (Lipinski definition) is 2. The third-order valence-electron chi connectivity index (χ3n) is 6.00. The van der Waals surface area contributed by atoms with E-state index in [1.165, 1.54) is 0 Å². The van der Waals surface area contributed by atoms with Crippen LogP contribution in [0.15, 0.2) is 54.7 Å². The van der Waals surface area contributed by atoms with Gasteiger partial charge in [-0.3, -0.25) is 4.40 Å². The Morgan fingerprint density at radius 2 is 1.88 bits per heavy atom. The molecule has 0 saturated carbocycles. The molecule has 1 aliphatic heterocycles. The Labute approximate surface area is 192 Å². The van der Waals surface area contributed by atoms with Gasteiger partial charge in [0, 0.05) is 24.2 Å². The number of ether oxygens (including phenoxy) is 1. The molecule has 2 N–H and O–H groups in total. The van der Waals surface area contributed by atoms with Crippen LogP contribution in [-0.2, 0) is 6.61 Å². The minimum absolute atomic E-state index is 0.171.